The molecule has 0 unspecified atom stereocenters. The van der Waals surface area contributed by atoms with E-state index < -0.39 is 0 Å². The van der Waals surface area contributed by atoms with E-state index in [0.717, 1.165) is 5.56 Å². The van der Waals surface area contributed by atoms with E-state index >= 15 is 0 Å². The first-order chi connectivity index (χ1) is 7.13. The van der Waals surface area contributed by atoms with Gasteiger partial charge in [0.05, 0.1) is 0 Å². The fraction of sp³-hybridized carbons (Fsp3) is 0.308. The summed E-state index contributed by atoms with van der Waals surface area (Å²) in [4.78, 5) is 13.0. The second-order valence-electron chi connectivity index (χ2n) is 3.67. The number of amides is 1. The van der Waals surface area contributed by atoms with Gasteiger partial charge in [0.25, 0.3) is 0 Å². The Bertz CT molecular complexity index is 340. The average Bonchev–Trinajstić information content (AvgIpc) is 2.20. The first-order valence-corrected chi connectivity index (χ1v) is 5.05. The maximum atomic E-state index is 11.3. The minimum Gasteiger partial charge on any atom is -0.335 e. The molecule has 0 N–H and O–H groups in total. The summed E-state index contributed by atoms with van der Waals surface area (Å²) in [5.41, 5.74) is 2.38. The normalized spacial score (nSPS) is 9.73. The van der Waals surface area contributed by atoms with Crippen LogP contribution in [0, 0.1) is 6.92 Å². The fourth-order valence-corrected chi connectivity index (χ4v) is 1.37. The maximum absolute atomic E-state index is 11.3. The van der Waals surface area contributed by atoms with E-state index in [1.54, 1.807) is 17.9 Å². The summed E-state index contributed by atoms with van der Waals surface area (Å²) in [5.74, 6) is 0.0791. The molecule has 1 rings (SSSR count). The molecular formula is C13H17NO. The Morgan fingerprint density at radius 3 is 2.47 bits per heavy atom. The Morgan fingerprint density at radius 1 is 1.40 bits per heavy atom. The van der Waals surface area contributed by atoms with E-state index in [2.05, 4.69) is 25.6 Å². The molecule has 0 aliphatic heterocycles. The lowest BCUT2D eigenvalue weighted by Crippen LogP contribution is -2.28. The molecule has 1 amide bonds. The quantitative estimate of drug-likeness (QED) is 0.689. The summed E-state index contributed by atoms with van der Waals surface area (Å²) in [6, 6.07) is 8.21. The smallest absolute Gasteiger partial charge is 0.220 e. The molecule has 80 valence electrons. The molecule has 2 heteroatoms. The second kappa shape index (κ2) is 5.35. The van der Waals surface area contributed by atoms with Crippen molar-refractivity contribution in [1.82, 2.24) is 4.90 Å². The molecule has 1 aromatic carbocycles. The highest BCUT2D eigenvalue weighted by Gasteiger charge is 2.06. The van der Waals surface area contributed by atoms with Crippen molar-refractivity contribution in [3.8, 4) is 0 Å². The van der Waals surface area contributed by atoms with Gasteiger partial charge in [0.2, 0.25) is 5.91 Å². The standard InChI is InChI=1S/C13H17NO/c1-4-9-14(12(3)15)10-13-7-5-11(2)6-8-13/h4-8H,1,9-10H2,2-3H3. The molecule has 0 fully saturated rings. The lowest BCUT2D eigenvalue weighted by Gasteiger charge is -2.19. The fourth-order valence-electron chi connectivity index (χ4n) is 1.37. The van der Waals surface area contributed by atoms with Gasteiger partial charge in [-0.05, 0) is 12.5 Å². The van der Waals surface area contributed by atoms with E-state index in [-0.39, 0.29) is 5.91 Å². The van der Waals surface area contributed by atoms with Crippen LogP contribution in [0.5, 0.6) is 0 Å². The highest BCUT2D eigenvalue weighted by Crippen LogP contribution is 2.07. The molecule has 0 aromatic heterocycles. The van der Waals surface area contributed by atoms with Gasteiger partial charge >= 0.3 is 0 Å². The van der Waals surface area contributed by atoms with E-state index in [1.165, 1.54) is 5.56 Å². The Morgan fingerprint density at radius 2 is 2.00 bits per heavy atom. The minimum absolute atomic E-state index is 0.0791. The van der Waals surface area contributed by atoms with Crippen molar-refractivity contribution in [2.75, 3.05) is 6.54 Å². The molecule has 0 heterocycles. The van der Waals surface area contributed by atoms with Crippen LogP contribution in [0.25, 0.3) is 0 Å². The molecule has 0 spiro atoms. The molecule has 0 radical (unpaired) electrons. The van der Waals surface area contributed by atoms with Crippen molar-refractivity contribution in [2.24, 2.45) is 0 Å². The number of rotatable bonds is 4. The van der Waals surface area contributed by atoms with Crippen LogP contribution in [0.15, 0.2) is 36.9 Å². The lowest BCUT2D eigenvalue weighted by atomic mass is 10.1. The SMILES string of the molecule is C=CCN(Cc1ccc(C)cc1)C(C)=O. The van der Waals surface area contributed by atoms with Crippen LogP contribution in [-0.2, 0) is 11.3 Å². The molecule has 2 nitrogen and oxygen atoms in total. The summed E-state index contributed by atoms with van der Waals surface area (Å²) in [6.07, 6.45) is 1.75. The highest BCUT2D eigenvalue weighted by atomic mass is 16.2. The van der Waals surface area contributed by atoms with Crippen molar-refractivity contribution in [3.05, 3.63) is 48.0 Å². The van der Waals surface area contributed by atoms with Crippen molar-refractivity contribution in [2.45, 2.75) is 20.4 Å². The van der Waals surface area contributed by atoms with Crippen LogP contribution < -0.4 is 0 Å². The van der Waals surface area contributed by atoms with Crippen LogP contribution in [0.2, 0.25) is 0 Å². The van der Waals surface area contributed by atoms with E-state index in [9.17, 15) is 4.79 Å². The predicted molar refractivity (Wildman–Crippen MR) is 62.5 cm³/mol. The van der Waals surface area contributed by atoms with Crippen LogP contribution in [0.1, 0.15) is 18.1 Å². The minimum atomic E-state index is 0.0791. The van der Waals surface area contributed by atoms with Crippen molar-refractivity contribution in [3.63, 3.8) is 0 Å². The summed E-state index contributed by atoms with van der Waals surface area (Å²) in [7, 11) is 0. The van der Waals surface area contributed by atoms with Gasteiger partial charge in [-0.1, -0.05) is 35.9 Å². The van der Waals surface area contributed by atoms with Gasteiger partial charge in [-0.25, -0.2) is 0 Å². The first kappa shape index (κ1) is 11.5. The number of carbonyl (C=O) groups excluding carboxylic acids is 1. The monoisotopic (exact) mass is 203 g/mol. The average molecular weight is 203 g/mol. The van der Waals surface area contributed by atoms with Crippen molar-refractivity contribution >= 4 is 5.91 Å². The highest BCUT2D eigenvalue weighted by molar-refractivity contribution is 5.73. The second-order valence-corrected chi connectivity index (χ2v) is 3.67. The third-order valence-corrected chi connectivity index (χ3v) is 2.29. The largest absolute Gasteiger partial charge is 0.335 e. The Hall–Kier alpha value is -1.57. The molecule has 0 saturated carbocycles. The van der Waals surface area contributed by atoms with Crippen molar-refractivity contribution in [1.29, 1.82) is 0 Å². The first-order valence-electron chi connectivity index (χ1n) is 5.05. The molecule has 1 aromatic rings. The summed E-state index contributed by atoms with van der Waals surface area (Å²) >= 11 is 0. The maximum Gasteiger partial charge on any atom is 0.220 e. The zero-order valence-corrected chi connectivity index (χ0v) is 9.36. The van der Waals surface area contributed by atoms with Gasteiger partial charge in [-0.2, -0.15) is 0 Å². The summed E-state index contributed by atoms with van der Waals surface area (Å²) in [5, 5.41) is 0. The predicted octanol–water partition coefficient (Wildman–Crippen LogP) is 2.53. The number of hydrogen-bond acceptors (Lipinski definition) is 1. The van der Waals surface area contributed by atoms with Crippen molar-refractivity contribution < 1.29 is 4.79 Å². The number of benzene rings is 1. The molecule has 0 bridgehead atoms. The molecule has 0 aliphatic carbocycles. The Labute approximate surface area is 91.2 Å². The van der Waals surface area contributed by atoms with Crippen LogP contribution >= 0.6 is 0 Å². The van der Waals surface area contributed by atoms with Gasteiger partial charge in [-0.3, -0.25) is 4.79 Å². The van der Waals surface area contributed by atoms with Gasteiger partial charge in [0.15, 0.2) is 0 Å². The van der Waals surface area contributed by atoms with Crippen LogP contribution in [0.3, 0.4) is 0 Å². The Balaban J connectivity index is 2.69. The third-order valence-electron chi connectivity index (χ3n) is 2.29. The summed E-state index contributed by atoms with van der Waals surface area (Å²) < 4.78 is 0. The van der Waals surface area contributed by atoms with E-state index in [4.69, 9.17) is 0 Å². The summed E-state index contributed by atoms with van der Waals surface area (Å²) in [6.45, 7) is 8.53. The lowest BCUT2D eigenvalue weighted by molar-refractivity contribution is -0.128. The van der Waals surface area contributed by atoms with Crippen LogP contribution in [-0.4, -0.2) is 17.4 Å². The van der Waals surface area contributed by atoms with Gasteiger partial charge in [0, 0.05) is 20.0 Å². The molecule has 0 aliphatic rings. The topological polar surface area (TPSA) is 20.3 Å². The number of hydrogen-bond donors (Lipinski definition) is 0. The molecule has 15 heavy (non-hydrogen) atoms. The zero-order chi connectivity index (χ0) is 11.3. The molecular weight excluding hydrogens is 186 g/mol. The van der Waals surface area contributed by atoms with Gasteiger partial charge in [-0.15, -0.1) is 6.58 Å². The number of nitrogens with zero attached hydrogens (tertiary/aromatic N) is 1. The number of aryl methyl sites for hydroxylation is 1. The van der Waals surface area contributed by atoms with Gasteiger partial charge in [0.1, 0.15) is 0 Å². The Kier molecular flexibility index (Phi) is 4.10. The van der Waals surface area contributed by atoms with Crippen LogP contribution in [0.4, 0.5) is 0 Å². The zero-order valence-electron chi connectivity index (χ0n) is 9.36. The number of carbonyl (C=O) groups is 1. The molecule has 0 saturated heterocycles. The van der Waals surface area contributed by atoms with E-state index in [0.29, 0.717) is 13.1 Å². The third kappa shape index (κ3) is 3.58. The van der Waals surface area contributed by atoms with E-state index in [1.807, 2.05) is 12.1 Å². The van der Waals surface area contributed by atoms with Gasteiger partial charge < -0.3 is 4.90 Å². The molecule has 0 atom stereocenters.